The van der Waals surface area contributed by atoms with E-state index < -0.39 is 0 Å². The fraction of sp³-hybridized carbons (Fsp3) is 0.398. The van der Waals surface area contributed by atoms with Gasteiger partial charge in [-0.1, -0.05) is 259 Å². The van der Waals surface area contributed by atoms with Crippen molar-refractivity contribution < 1.29 is 0 Å². The lowest BCUT2D eigenvalue weighted by Gasteiger charge is -2.29. The van der Waals surface area contributed by atoms with E-state index in [0.717, 1.165) is 40.5 Å². The summed E-state index contributed by atoms with van der Waals surface area (Å²) in [7, 11) is 0. The Morgan fingerprint density at radius 1 is 0.260 bits per heavy atom. The number of thiazole rings is 1. The predicted octanol–water partition coefficient (Wildman–Crippen LogP) is 29.7. The molecule has 2 fully saturated rings. The predicted molar refractivity (Wildman–Crippen MR) is 450 cm³/mol. The van der Waals surface area contributed by atoms with Crippen LogP contribution in [0.4, 0.5) is 0 Å². The number of aromatic nitrogens is 1. The molecule has 0 amide bonds. The largest absolute Gasteiger partial charge is 0.241 e. The number of nitrogens with zero attached hydrogens (tertiary/aromatic N) is 1. The van der Waals surface area contributed by atoms with Crippen LogP contribution in [0.2, 0.25) is 0 Å². The molecule has 100 heavy (non-hydrogen) atoms. The summed E-state index contributed by atoms with van der Waals surface area (Å²) in [6, 6.07) is 61.1. The van der Waals surface area contributed by atoms with E-state index in [2.05, 4.69) is 362 Å². The van der Waals surface area contributed by atoms with Crippen molar-refractivity contribution in [2.75, 3.05) is 0 Å². The van der Waals surface area contributed by atoms with Crippen LogP contribution in [-0.4, -0.2) is 4.98 Å². The van der Waals surface area contributed by atoms with Gasteiger partial charge < -0.3 is 0 Å². The van der Waals surface area contributed by atoms with E-state index in [0.29, 0.717) is 0 Å². The van der Waals surface area contributed by atoms with Gasteiger partial charge in [-0.3, -0.25) is 0 Å². The minimum atomic E-state index is 0.980. The summed E-state index contributed by atoms with van der Waals surface area (Å²) in [5, 5.41) is 12.2. The van der Waals surface area contributed by atoms with E-state index in [9.17, 15) is 0 Å². The van der Waals surface area contributed by atoms with Gasteiger partial charge in [-0.2, -0.15) is 0 Å². The molecule has 14 rings (SSSR count). The third kappa shape index (κ3) is 23.5. The second-order valence-corrected chi connectivity index (χ2v) is 32.1. The molecule has 11 aromatic carbocycles. The van der Waals surface area contributed by atoms with Gasteiger partial charge in [0.05, 0.1) is 15.2 Å². The molecule has 12 aromatic rings. The van der Waals surface area contributed by atoms with E-state index >= 15 is 0 Å². The molecule has 2 aliphatic carbocycles. The van der Waals surface area contributed by atoms with Crippen LogP contribution in [0.3, 0.4) is 0 Å². The first-order valence-electron chi connectivity index (χ1n) is 37.5. The van der Waals surface area contributed by atoms with Crippen LogP contribution in [0.15, 0.2) is 170 Å². The number of fused-ring (bicyclic) bond motifs is 5. The van der Waals surface area contributed by atoms with Gasteiger partial charge in [-0.25, -0.2) is 4.98 Å². The number of hydrogen-bond acceptors (Lipinski definition) is 2. The molecule has 0 radical (unpaired) electrons. The molecule has 2 aliphatic rings. The van der Waals surface area contributed by atoms with E-state index in [1.54, 1.807) is 11.3 Å². The average molecular weight is 1350 g/mol. The summed E-state index contributed by atoms with van der Waals surface area (Å²) >= 11 is 1.78. The number of aryl methyl sites for hydroxylation is 21. The van der Waals surface area contributed by atoms with Gasteiger partial charge in [0.1, 0.15) is 0 Å². The Bertz CT molecular complexity index is 4330. The van der Waals surface area contributed by atoms with E-state index in [4.69, 9.17) is 0 Å². The minimum absolute atomic E-state index is 0.980. The van der Waals surface area contributed by atoms with Gasteiger partial charge in [0.15, 0.2) is 0 Å². The molecule has 6 atom stereocenters. The van der Waals surface area contributed by atoms with Gasteiger partial charge in [-0.05, 0) is 326 Å². The molecule has 0 bridgehead atoms. The lowest BCUT2D eigenvalue weighted by molar-refractivity contribution is 0.220. The Balaban J connectivity index is 0.000000178. The van der Waals surface area contributed by atoms with Crippen molar-refractivity contribution in [1.29, 1.82) is 0 Å². The molecule has 1 heterocycles. The normalized spacial score (nSPS) is 16.7. The lowest BCUT2D eigenvalue weighted by Crippen LogP contribution is -2.18. The molecule has 0 N–H and O–H groups in total. The number of hydrogen-bond donors (Lipinski definition) is 0. The summed E-state index contributed by atoms with van der Waals surface area (Å²) in [6.07, 6.45) is 8.77. The maximum atomic E-state index is 4.49. The maximum absolute atomic E-state index is 4.49. The van der Waals surface area contributed by atoms with Crippen molar-refractivity contribution in [3.05, 3.63) is 286 Å². The molecular weight excluding hydrogens is 1220 g/mol. The van der Waals surface area contributed by atoms with E-state index in [1.165, 1.54) is 203 Å². The minimum Gasteiger partial charge on any atom is -0.241 e. The Morgan fingerprint density at radius 2 is 0.590 bits per heavy atom. The smallest absolute Gasteiger partial charge is 0.0907 e. The van der Waals surface area contributed by atoms with Crippen molar-refractivity contribution in [2.45, 2.75) is 225 Å². The Hall–Kier alpha value is -7.65. The summed E-state index contributed by atoms with van der Waals surface area (Å²) < 4.78 is 1.34. The van der Waals surface area contributed by atoms with Crippen LogP contribution in [0.5, 0.6) is 0 Å². The first kappa shape index (κ1) is 81.3. The first-order chi connectivity index (χ1) is 47.2. The first-order valence-corrected chi connectivity index (χ1v) is 38.3. The molecule has 0 aliphatic heterocycles. The van der Waals surface area contributed by atoms with Crippen LogP contribution in [0.25, 0.3) is 53.3 Å². The van der Waals surface area contributed by atoms with Crippen molar-refractivity contribution in [2.24, 2.45) is 35.5 Å². The highest BCUT2D eigenvalue weighted by Crippen LogP contribution is 2.35. The number of rotatable bonds is 0. The van der Waals surface area contributed by atoms with Crippen molar-refractivity contribution in [3.63, 3.8) is 0 Å². The molecule has 0 saturated heterocycles. The quantitative estimate of drug-likeness (QED) is 0.147. The van der Waals surface area contributed by atoms with Crippen LogP contribution in [-0.2, 0) is 0 Å². The van der Waals surface area contributed by atoms with Gasteiger partial charge in [0.2, 0.25) is 0 Å². The molecule has 1 nitrogen and oxygen atoms in total. The zero-order valence-corrected chi connectivity index (χ0v) is 68.0. The Morgan fingerprint density at radius 3 is 0.940 bits per heavy atom. The van der Waals surface area contributed by atoms with Crippen LogP contribution < -0.4 is 0 Å². The third-order valence-corrected chi connectivity index (χ3v) is 23.2. The molecular formula is C98H127NS. The lowest BCUT2D eigenvalue weighted by atomic mass is 9.77. The molecule has 6 unspecified atom stereocenters. The summed E-state index contributed by atoms with van der Waals surface area (Å²) in [4.78, 5) is 4.49. The zero-order chi connectivity index (χ0) is 73.8. The number of benzene rings is 11. The van der Waals surface area contributed by atoms with Crippen molar-refractivity contribution in [3.8, 4) is 0 Å². The van der Waals surface area contributed by atoms with Crippen molar-refractivity contribution in [1.82, 2.24) is 4.98 Å². The molecule has 530 valence electrons. The van der Waals surface area contributed by atoms with Crippen molar-refractivity contribution >= 4 is 64.6 Å². The SMILES string of the molecule is CC1CCC(C)C(C)C1.CC1CCC(C)C(C)C1.Cc1cc(C)c2ccccc2c1C.Cc1cc(C)c2ccccc2c1C.Cc1ccc(C)c(C)c1.Cc1ccc(C)c(C)c1.Cc1ccc2c(C)c(C)ccc2c1.Cc1ccc2c(C)c(C)ccc2c1.Cc1nc2c(C)ccc(C)c2s1. The van der Waals surface area contributed by atoms with Crippen LogP contribution >= 0.6 is 11.3 Å². The topological polar surface area (TPSA) is 12.9 Å². The van der Waals surface area contributed by atoms with E-state index in [-0.39, 0.29) is 0 Å². The second kappa shape index (κ2) is 38.4. The fourth-order valence-corrected chi connectivity index (χ4v) is 14.9. The Labute approximate surface area is 612 Å². The maximum Gasteiger partial charge on any atom is 0.0907 e. The highest BCUT2D eigenvalue weighted by Gasteiger charge is 2.22. The van der Waals surface area contributed by atoms with Gasteiger partial charge in [-0.15, -0.1) is 11.3 Å². The molecule has 0 spiro atoms. The van der Waals surface area contributed by atoms with Gasteiger partial charge in [0, 0.05) is 0 Å². The monoisotopic (exact) mass is 1350 g/mol. The highest BCUT2D eigenvalue weighted by atomic mass is 32.1. The van der Waals surface area contributed by atoms with Gasteiger partial charge >= 0.3 is 0 Å². The summed E-state index contributed by atoms with van der Waals surface area (Å²) in [5.41, 5.74) is 28.5. The van der Waals surface area contributed by atoms with Crippen LogP contribution in [0.1, 0.15) is 196 Å². The van der Waals surface area contributed by atoms with E-state index in [1.807, 2.05) is 0 Å². The average Bonchev–Trinajstić information content (AvgIpc) is 1.25. The van der Waals surface area contributed by atoms with Crippen LogP contribution in [0, 0.1) is 181 Å². The third-order valence-electron chi connectivity index (χ3n) is 22.1. The fourth-order valence-electron chi connectivity index (χ4n) is 14.0. The molecule has 1 aromatic heterocycles. The van der Waals surface area contributed by atoms with Gasteiger partial charge in [0.25, 0.3) is 0 Å². The molecule has 2 heteroatoms. The molecule has 2 saturated carbocycles. The zero-order valence-electron chi connectivity index (χ0n) is 67.2. The standard InChI is InChI=1S/4C13H14.C10H11NS.2C9H18.2C9H12/c2*1-9-4-7-13-11(3)10(2)5-6-12(13)8-9;2*1-9-8-10(2)12-6-4-5-7-13(12)11(9)3;1-6-4-5-7(2)10-9(6)11-8(3)12-10;4*1-7-4-5-8(2)9(3)6-7/h4*4-8H,1-3H3;4-5H,1-3H3;2*7-9H,4-6H2,1-3H3;2*4-6H,1-3H3. The second-order valence-electron chi connectivity index (χ2n) is 30.9. The summed E-state index contributed by atoms with van der Waals surface area (Å²) in [6.45, 7) is 59.4. The Kier molecular flexibility index (Phi) is 31.2. The summed E-state index contributed by atoms with van der Waals surface area (Å²) in [5.74, 6) is 5.93. The highest BCUT2D eigenvalue weighted by molar-refractivity contribution is 7.18.